The first-order valence-electron chi connectivity index (χ1n) is 30.9. The predicted octanol–water partition coefficient (Wildman–Crippen LogP) is 18.5. The van der Waals surface area contributed by atoms with E-state index < -0.39 is 24.3 Å². The molecule has 0 aromatic rings. The van der Waals surface area contributed by atoms with Crippen LogP contribution in [0.1, 0.15) is 251 Å². The molecule has 0 radical (unpaired) electrons. The standard InChI is InChI=1S/C67H115NO8/c1-6-8-10-12-14-16-18-20-22-23-24-25-26-27-28-29-30-31-32-33-34-35-36-37-38-39-40-41-42-43-44-46-48-50-52-54-56-58-65(70)76-63(62-75-67(66(71)72)73-60-59-68(3,4)5)61-74-64(69)57-55-53-51-49-47-45-21-19-17-15-13-11-9-7-2/h8,10,14,16,19-22,24-25,27-28,30-31,33-34,63,67H,6-7,9,11-13,15,17-18,23,26,29,32,35-62H2,1-5H3/p+1/b10-8-,16-14-,21-19-,22-20-,25-24-,28-27-,31-30-,34-33-. The van der Waals surface area contributed by atoms with Gasteiger partial charge in [-0.25, -0.2) is 4.79 Å². The average molecular weight is 1060 g/mol. The van der Waals surface area contributed by atoms with E-state index in [9.17, 15) is 19.5 Å². The minimum absolute atomic E-state index is 0.184. The molecule has 0 heterocycles. The molecule has 0 amide bonds. The van der Waals surface area contributed by atoms with E-state index >= 15 is 0 Å². The number of likely N-dealkylation sites (N-methyl/N-ethyl adjacent to an activating group) is 1. The maximum Gasteiger partial charge on any atom is 0.361 e. The van der Waals surface area contributed by atoms with Crippen LogP contribution in [0.15, 0.2) is 97.2 Å². The molecular formula is C67H116NO8+. The minimum Gasteiger partial charge on any atom is -0.477 e. The summed E-state index contributed by atoms with van der Waals surface area (Å²) in [5.74, 6) is -2.02. The summed E-state index contributed by atoms with van der Waals surface area (Å²) >= 11 is 0. The van der Waals surface area contributed by atoms with E-state index in [0.29, 0.717) is 17.4 Å². The zero-order chi connectivity index (χ0) is 55.5. The van der Waals surface area contributed by atoms with Crippen LogP contribution in [0.5, 0.6) is 0 Å². The molecule has 0 saturated carbocycles. The summed E-state index contributed by atoms with van der Waals surface area (Å²) in [5, 5.41) is 9.70. The van der Waals surface area contributed by atoms with Crippen LogP contribution < -0.4 is 0 Å². The summed E-state index contributed by atoms with van der Waals surface area (Å²) in [5.41, 5.74) is 0. The number of carbonyl (C=O) groups is 3. The zero-order valence-corrected chi connectivity index (χ0v) is 49.6. The molecule has 9 heteroatoms. The Labute approximate surface area is 467 Å². The van der Waals surface area contributed by atoms with Crippen molar-refractivity contribution < 1.29 is 42.9 Å². The van der Waals surface area contributed by atoms with E-state index in [1.165, 1.54) is 122 Å². The van der Waals surface area contributed by atoms with Crippen molar-refractivity contribution in [2.75, 3.05) is 47.5 Å². The second-order valence-electron chi connectivity index (χ2n) is 21.6. The maximum atomic E-state index is 12.9. The summed E-state index contributed by atoms with van der Waals surface area (Å²) in [4.78, 5) is 37.4. The van der Waals surface area contributed by atoms with Crippen LogP contribution in [0.3, 0.4) is 0 Å². The molecule has 436 valence electrons. The number of unbranched alkanes of at least 4 members (excludes halogenated alkanes) is 25. The summed E-state index contributed by atoms with van der Waals surface area (Å²) < 4.78 is 22.9. The molecule has 0 spiro atoms. The number of nitrogens with zero attached hydrogens (tertiary/aromatic N) is 1. The number of hydrogen-bond donors (Lipinski definition) is 1. The first-order valence-corrected chi connectivity index (χ1v) is 30.9. The molecule has 0 rings (SSSR count). The van der Waals surface area contributed by atoms with Crippen molar-refractivity contribution in [2.45, 2.75) is 264 Å². The van der Waals surface area contributed by atoms with Gasteiger partial charge in [0, 0.05) is 12.8 Å². The third-order valence-corrected chi connectivity index (χ3v) is 13.1. The number of rotatable bonds is 56. The third-order valence-electron chi connectivity index (χ3n) is 13.1. The Morgan fingerprint density at radius 1 is 0.408 bits per heavy atom. The summed E-state index contributed by atoms with van der Waals surface area (Å²) in [6, 6.07) is 0. The SMILES string of the molecule is CC/C=C\C/C=C\C/C=C\C/C=C\C/C=C\C/C=C\C/C=C\CCCCCCCCCCCCCCCCCC(=O)OC(COC(=O)CCCCCCC/C=C\CCCCCCC)COC(OCC[N+](C)(C)C)C(=O)O. The van der Waals surface area contributed by atoms with E-state index in [2.05, 4.69) is 111 Å². The van der Waals surface area contributed by atoms with E-state index in [4.69, 9.17) is 18.9 Å². The van der Waals surface area contributed by atoms with Crippen molar-refractivity contribution in [3.8, 4) is 0 Å². The van der Waals surface area contributed by atoms with E-state index in [-0.39, 0.29) is 32.2 Å². The van der Waals surface area contributed by atoms with Gasteiger partial charge in [0.2, 0.25) is 0 Å². The molecule has 2 atom stereocenters. The molecule has 0 aliphatic heterocycles. The molecular weight excluding hydrogens is 947 g/mol. The van der Waals surface area contributed by atoms with Gasteiger partial charge in [-0.2, -0.15) is 0 Å². The molecule has 0 bridgehead atoms. The molecule has 0 fully saturated rings. The molecule has 0 aromatic heterocycles. The number of esters is 2. The first kappa shape index (κ1) is 72.2. The number of aliphatic carboxylic acids is 1. The van der Waals surface area contributed by atoms with Crippen molar-refractivity contribution in [1.29, 1.82) is 0 Å². The minimum atomic E-state index is -1.51. The first-order chi connectivity index (χ1) is 37.1. The fourth-order valence-corrected chi connectivity index (χ4v) is 8.34. The van der Waals surface area contributed by atoms with E-state index in [0.717, 1.165) is 103 Å². The molecule has 0 saturated heterocycles. The Kier molecular flexibility index (Phi) is 54.5. The number of carboxylic acids is 1. The normalized spacial score (nSPS) is 13.4. The predicted molar refractivity (Wildman–Crippen MR) is 322 cm³/mol. The maximum absolute atomic E-state index is 12.9. The molecule has 76 heavy (non-hydrogen) atoms. The second-order valence-corrected chi connectivity index (χ2v) is 21.6. The van der Waals surface area contributed by atoms with Crippen molar-refractivity contribution in [3.63, 3.8) is 0 Å². The van der Waals surface area contributed by atoms with Gasteiger partial charge in [-0.05, 0) is 96.3 Å². The highest BCUT2D eigenvalue weighted by molar-refractivity contribution is 5.71. The average Bonchev–Trinajstić information content (AvgIpc) is 3.39. The molecule has 0 aliphatic rings. The lowest BCUT2D eigenvalue weighted by Crippen LogP contribution is -2.40. The summed E-state index contributed by atoms with van der Waals surface area (Å²) in [7, 11) is 5.96. The topological polar surface area (TPSA) is 108 Å². The van der Waals surface area contributed by atoms with Crippen LogP contribution >= 0.6 is 0 Å². The van der Waals surface area contributed by atoms with Gasteiger partial charge in [0.05, 0.1) is 34.4 Å². The highest BCUT2D eigenvalue weighted by Crippen LogP contribution is 2.16. The van der Waals surface area contributed by atoms with Crippen LogP contribution in [0.4, 0.5) is 0 Å². The quantitative estimate of drug-likeness (QED) is 0.0211. The number of quaternary nitrogens is 1. The van der Waals surface area contributed by atoms with Crippen LogP contribution in [0.2, 0.25) is 0 Å². The summed E-state index contributed by atoms with van der Waals surface area (Å²) in [6.07, 6.45) is 75.0. The Morgan fingerprint density at radius 2 is 0.750 bits per heavy atom. The van der Waals surface area contributed by atoms with Crippen molar-refractivity contribution in [2.24, 2.45) is 0 Å². The Morgan fingerprint density at radius 3 is 1.13 bits per heavy atom. The Balaban J connectivity index is 4.09. The fraction of sp³-hybridized carbons (Fsp3) is 0.716. The van der Waals surface area contributed by atoms with Gasteiger partial charge < -0.3 is 28.5 Å². The van der Waals surface area contributed by atoms with Gasteiger partial charge in [-0.1, -0.05) is 239 Å². The Bertz CT molecular complexity index is 1570. The van der Waals surface area contributed by atoms with Crippen LogP contribution in [-0.4, -0.2) is 87.4 Å². The Hall–Kier alpha value is -3.79. The van der Waals surface area contributed by atoms with Crippen LogP contribution in [-0.2, 0) is 33.3 Å². The number of carbonyl (C=O) groups excluding carboxylic acids is 2. The van der Waals surface area contributed by atoms with Gasteiger partial charge in [-0.3, -0.25) is 9.59 Å². The second kappa shape index (κ2) is 57.4. The number of ether oxygens (including phenoxy) is 4. The zero-order valence-electron chi connectivity index (χ0n) is 49.6. The van der Waals surface area contributed by atoms with Crippen molar-refractivity contribution in [3.05, 3.63) is 97.2 Å². The third kappa shape index (κ3) is 57.9. The molecule has 9 nitrogen and oxygen atoms in total. The number of allylic oxidation sites excluding steroid dienone is 16. The summed E-state index contributed by atoms with van der Waals surface area (Å²) in [6.45, 7) is 4.75. The van der Waals surface area contributed by atoms with Crippen LogP contribution in [0, 0.1) is 0 Å². The van der Waals surface area contributed by atoms with Gasteiger partial charge >= 0.3 is 17.9 Å². The highest BCUT2D eigenvalue weighted by Gasteiger charge is 2.25. The highest BCUT2D eigenvalue weighted by atomic mass is 16.7. The number of carboxylic acid groups (broad SMARTS) is 1. The lowest BCUT2D eigenvalue weighted by molar-refractivity contribution is -0.870. The molecule has 0 aromatic carbocycles. The molecule has 1 N–H and O–H groups in total. The fourth-order valence-electron chi connectivity index (χ4n) is 8.34. The van der Waals surface area contributed by atoms with Gasteiger partial charge in [0.15, 0.2) is 6.10 Å². The largest absolute Gasteiger partial charge is 0.477 e. The van der Waals surface area contributed by atoms with Gasteiger partial charge in [0.1, 0.15) is 13.2 Å². The monoisotopic (exact) mass is 1060 g/mol. The molecule has 2 unspecified atom stereocenters. The van der Waals surface area contributed by atoms with Gasteiger partial charge in [0.25, 0.3) is 6.29 Å². The van der Waals surface area contributed by atoms with Gasteiger partial charge in [-0.15, -0.1) is 0 Å². The van der Waals surface area contributed by atoms with Crippen LogP contribution in [0.25, 0.3) is 0 Å². The van der Waals surface area contributed by atoms with E-state index in [1.807, 2.05) is 21.1 Å². The number of hydrogen-bond acceptors (Lipinski definition) is 7. The van der Waals surface area contributed by atoms with Crippen molar-refractivity contribution >= 4 is 17.9 Å². The van der Waals surface area contributed by atoms with E-state index in [1.54, 1.807) is 0 Å². The lowest BCUT2D eigenvalue weighted by atomic mass is 10.0. The van der Waals surface area contributed by atoms with Crippen molar-refractivity contribution in [1.82, 2.24) is 0 Å². The lowest BCUT2D eigenvalue weighted by Gasteiger charge is -2.25. The smallest absolute Gasteiger partial charge is 0.361 e. The molecule has 0 aliphatic carbocycles.